The first-order valence-electron chi connectivity index (χ1n) is 6.81. The minimum absolute atomic E-state index is 0. The molecule has 0 amide bonds. The van der Waals surface area contributed by atoms with Gasteiger partial charge in [-0.15, -0.1) is 0 Å². The first kappa shape index (κ1) is 17.2. The van der Waals surface area contributed by atoms with Gasteiger partial charge in [-0.1, -0.05) is 45.4 Å². The van der Waals surface area contributed by atoms with Crippen molar-refractivity contribution in [1.29, 1.82) is 0 Å². The van der Waals surface area contributed by atoms with Crippen molar-refractivity contribution >= 4 is 0 Å². The molecule has 0 spiro atoms. The van der Waals surface area contributed by atoms with E-state index in [9.17, 15) is 0 Å². The maximum Gasteiger partial charge on any atom is 0.191 e. The van der Waals surface area contributed by atoms with E-state index in [4.69, 9.17) is 4.42 Å². The van der Waals surface area contributed by atoms with Crippen molar-refractivity contribution in [2.45, 2.75) is 52.9 Å². The van der Waals surface area contributed by atoms with Gasteiger partial charge in [0.05, 0.1) is 5.69 Å². The molecule has 2 heterocycles. The third-order valence-corrected chi connectivity index (χ3v) is 3.38. The third kappa shape index (κ3) is 3.82. The Balaban J connectivity index is 0.00000200. The average molecular weight is 455 g/mol. The Labute approximate surface area is 135 Å². The summed E-state index contributed by atoms with van der Waals surface area (Å²) in [6.45, 7) is 10.4. The van der Waals surface area contributed by atoms with Crippen molar-refractivity contribution in [3.05, 3.63) is 35.6 Å². The van der Waals surface area contributed by atoms with Crippen molar-refractivity contribution in [2.24, 2.45) is 5.92 Å². The predicted molar refractivity (Wildman–Crippen MR) is 74.1 cm³/mol. The van der Waals surface area contributed by atoms with Crippen molar-refractivity contribution in [2.75, 3.05) is 0 Å². The van der Waals surface area contributed by atoms with Crippen LogP contribution in [0.5, 0.6) is 0 Å². The zero-order valence-electron chi connectivity index (χ0n) is 12.7. The molecule has 5 heteroatoms. The minimum Gasteiger partial charge on any atom is -0.449 e. The van der Waals surface area contributed by atoms with Crippen molar-refractivity contribution in [3.8, 4) is 0 Å². The number of oxazole rings is 1. The fourth-order valence-electron chi connectivity index (χ4n) is 1.95. The number of aryl methyl sites for hydroxylation is 2. The smallest absolute Gasteiger partial charge is 0.191 e. The second-order valence-electron chi connectivity index (χ2n) is 5.99. The van der Waals surface area contributed by atoms with Crippen LogP contribution >= 0.6 is 0 Å². The largest absolute Gasteiger partial charge is 0.449 e. The maximum absolute atomic E-state index is 5.29. The monoisotopic (exact) mass is 455 g/mol. The standard InChI is InChI=1S/C15H22N3O.Pt/c1-10(2)6-7-12-8-16-14(18-12)15(4,5)13-9-19-11(3)17-13;/h8-10H,6-7H2,1-5H3;/q-1;. The molecule has 0 fully saturated rings. The molecule has 0 unspecified atom stereocenters. The number of hydrogen-bond donors (Lipinski definition) is 0. The van der Waals surface area contributed by atoms with E-state index >= 15 is 0 Å². The van der Waals surface area contributed by atoms with Gasteiger partial charge >= 0.3 is 0 Å². The van der Waals surface area contributed by atoms with Gasteiger partial charge in [0.25, 0.3) is 0 Å². The number of aromatic nitrogens is 3. The maximum atomic E-state index is 5.29. The Morgan fingerprint density at radius 3 is 2.55 bits per heavy atom. The molecule has 0 N–H and O–H groups in total. The van der Waals surface area contributed by atoms with Crippen LogP contribution in [0.15, 0.2) is 16.9 Å². The van der Waals surface area contributed by atoms with Gasteiger partial charge in [-0.2, -0.15) is 0 Å². The summed E-state index contributed by atoms with van der Waals surface area (Å²) < 4.78 is 5.29. The van der Waals surface area contributed by atoms with Crippen LogP contribution in [0.25, 0.3) is 0 Å². The van der Waals surface area contributed by atoms with Crippen LogP contribution in [0.1, 0.15) is 57.2 Å². The fraction of sp³-hybridized carbons (Fsp3) is 0.600. The fourth-order valence-corrected chi connectivity index (χ4v) is 1.95. The van der Waals surface area contributed by atoms with E-state index in [0.29, 0.717) is 11.8 Å². The van der Waals surface area contributed by atoms with E-state index in [0.717, 1.165) is 30.1 Å². The third-order valence-electron chi connectivity index (χ3n) is 3.38. The van der Waals surface area contributed by atoms with Crippen molar-refractivity contribution in [3.63, 3.8) is 0 Å². The minimum atomic E-state index is -0.312. The topological polar surface area (TPSA) is 53.0 Å². The molecule has 0 radical (unpaired) electrons. The second kappa shape index (κ2) is 6.71. The predicted octanol–water partition coefficient (Wildman–Crippen LogP) is 3.25. The number of imidazole rings is 1. The van der Waals surface area contributed by atoms with E-state index in [1.165, 1.54) is 0 Å². The van der Waals surface area contributed by atoms with E-state index < -0.39 is 0 Å². The molecule has 114 valence electrons. The molecule has 0 aromatic carbocycles. The number of hydrogen-bond acceptors (Lipinski definition) is 3. The van der Waals surface area contributed by atoms with Crippen LogP contribution in [0.3, 0.4) is 0 Å². The summed E-state index contributed by atoms with van der Waals surface area (Å²) in [7, 11) is 0. The molecule has 0 bridgehead atoms. The van der Waals surface area contributed by atoms with Gasteiger partial charge in [0.1, 0.15) is 6.26 Å². The van der Waals surface area contributed by atoms with Crippen LogP contribution in [-0.4, -0.2) is 9.97 Å². The molecular formula is C15H22N3OPt-. The van der Waals surface area contributed by atoms with Gasteiger partial charge in [-0.25, -0.2) is 4.98 Å². The summed E-state index contributed by atoms with van der Waals surface area (Å²) in [6.07, 6.45) is 5.70. The van der Waals surface area contributed by atoms with Crippen LogP contribution in [0, 0.1) is 12.8 Å². The Morgan fingerprint density at radius 2 is 2.00 bits per heavy atom. The molecule has 0 saturated heterocycles. The summed E-state index contributed by atoms with van der Waals surface area (Å²) in [4.78, 5) is 13.5. The molecule has 2 aromatic heterocycles. The summed E-state index contributed by atoms with van der Waals surface area (Å²) >= 11 is 0. The van der Waals surface area contributed by atoms with Crippen LogP contribution in [0.2, 0.25) is 0 Å². The van der Waals surface area contributed by atoms with Gasteiger partial charge in [0.15, 0.2) is 5.89 Å². The molecule has 2 aromatic rings. The molecule has 0 aliphatic carbocycles. The van der Waals surface area contributed by atoms with Gasteiger partial charge in [0.2, 0.25) is 0 Å². The van der Waals surface area contributed by atoms with E-state index in [1.54, 1.807) is 6.26 Å². The summed E-state index contributed by atoms with van der Waals surface area (Å²) in [5, 5.41) is 0. The van der Waals surface area contributed by atoms with Crippen LogP contribution < -0.4 is 4.98 Å². The van der Waals surface area contributed by atoms with E-state index in [2.05, 4.69) is 42.6 Å². The first-order valence-corrected chi connectivity index (χ1v) is 6.81. The zero-order chi connectivity index (χ0) is 14.0. The first-order chi connectivity index (χ1) is 8.89. The second-order valence-corrected chi connectivity index (χ2v) is 5.99. The molecule has 20 heavy (non-hydrogen) atoms. The summed E-state index contributed by atoms with van der Waals surface area (Å²) in [5.74, 6) is 2.18. The molecule has 0 aliphatic rings. The zero-order valence-corrected chi connectivity index (χ0v) is 15.0. The summed E-state index contributed by atoms with van der Waals surface area (Å²) in [6, 6.07) is 0. The number of nitrogens with zero attached hydrogens (tertiary/aromatic N) is 3. The van der Waals surface area contributed by atoms with Crippen LogP contribution in [-0.2, 0) is 32.9 Å². The van der Waals surface area contributed by atoms with Gasteiger partial charge in [0, 0.05) is 33.4 Å². The molecule has 4 nitrogen and oxygen atoms in total. The normalized spacial score (nSPS) is 11.7. The SMILES string of the molecule is Cc1nc(C(C)(C)c2nc(CCC(C)C)c[n-]2)co1.[Pt]. The van der Waals surface area contributed by atoms with Gasteiger partial charge < -0.3 is 14.4 Å². The van der Waals surface area contributed by atoms with E-state index in [1.807, 2.05) is 13.1 Å². The molecule has 0 saturated carbocycles. The Morgan fingerprint density at radius 1 is 1.30 bits per heavy atom. The Kier molecular flexibility index (Phi) is 5.76. The van der Waals surface area contributed by atoms with Crippen molar-refractivity contribution in [1.82, 2.24) is 15.0 Å². The van der Waals surface area contributed by atoms with Gasteiger partial charge in [-0.3, -0.25) is 0 Å². The quantitative estimate of drug-likeness (QED) is 0.695. The Hall–Kier alpha value is -0.892. The summed E-state index contributed by atoms with van der Waals surface area (Å²) in [5.41, 5.74) is 1.64. The molecular weight excluding hydrogens is 433 g/mol. The van der Waals surface area contributed by atoms with Crippen molar-refractivity contribution < 1.29 is 25.5 Å². The molecule has 2 rings (SSSR count). The molecule has 0 aliphatic heterocycles. The average Bonchev–Trinajstić information content (AvgIpc) is 2.95. The van der Waals surface area contributed by atoms with Crippen LogP contribution in [0.4, 0.5) is 0 Å². The number of rotatable bonds is 5. The van der Waals surface area contributed by atoms with E-state index in [-0.39, 0.29) is 26.5 Å². The molecule has 0 atom stereocenters. The van der Waals surface area contributed by atoms with Gasteiger partial charge in [-0.05, 0) is 18.8 Å². The Bertz CT molecular complexity index is 543.